The van der Waals surface area contributed by atoms with Crippen LogP contribution in [0.2, 0.25) is 0 Å². The first kappa shape index (κ1) is 8.53. The van der Waals surface area contributed by atoms with Gasteiger partial charge in [0.05, 0.1) is 4.91 Å². The van der Waals surface area contributed by atoms with Gasteiger partial charge in [-0.1, -0.05) is 19.1 Å². The van der Waals surface area contributed by atoms with E-state index in [1.807, 2.05) is 6.08 Å². The molecule has 0 aliphatic heterocycles. The highest BCUT2D eigenvalue weighted by atomic mass is 32.2. The molecule has 0 saturated carbocycles. The lowest BCUT2D eigenvalue weighted by atomic mass is 10.0. The molecule has 1 unspecified atom stereocenters. The van der Waals surface area contributed by atoms with Crippen LogP contribution >= 0.6 is 0 Å². The van der Waals surface area contributed by atoms with E-state index in [0.29, 0.717) is 10.8 Å². The lowest BCUT2D eigenvalue weighted by Crippen LogP contribution is -2.03. The molecule has 2 nitrogen and oxygen atoms in total. The zero-order valence-corrected chi connectivity index (χ0v) is 7.56. The van der Waals surface area contributed by atoms with Gasteiger partial charge in [0, 0.05) is 6.26 Å². The lowest BCUT2D eigenvalue weighted by Gasteiger charge is -2.09. The molecule has 0 heterocycles. The number of hydrogen-bond donors (Lipinski definition) is 0. The van der Waals surface area contributed by atoms with Crippen molar-refractivity contribution < 1.29 is 8.42 Å². The van der Waals surface area contributed by atoms with Gasteiger partial charge in [-0.25, -0.2) is 8.42 Å². The predicted molar refractivity (Wildman–Crippen MR) is 45.8 cm³/mol. The first-order valence-corrected chi connectivity index (χ1v) is 5.47. The third-order valence-electron chi connectivity index (χ3n) is 1.71. The maximum Gasteiger partial charge on any atom is 0.175 e. The first-order chi connectivity index (χ1) is 5.00. The lowest BCUT2D eigenvalue weighted by molar-refractivity contribution is 0.607. The normalized spacial score (nSPS) is 24.9. The van der Waals surface area contributed by atoms with Crippen LogP contribution in [0.1, 0.15) is 13.3 Å². The maximum absolute atomic E-state index is 11.0. The van der Waals surface area contributed by atoms with E-state index in [9.17, 15) is 8.42 Å². The second-order valence-electron chi connectivity index (χ2n) is 2.95. The fraction of sp³-hybridized carbons (Fsp3) is 0.500. The van der Waals surface area contributed by atoms with Crippen molar-refractivity contribution in [2.24, 2.45) is 5.92 Å². The zero-order valence-electron chi connectivity index (χ0n) is 6.74. The quantitative estimate of drug-likeness (QED) is 0.601. The minimum atomic E-state index is -2.97. The molecule has 0 aromatic rings. The summed E-state index contributed by atoms with van der Waals surface area (Å²) in [6, 6.07) is 0. The summed E-state index contributed by atoms with van der Waals surface area (Å²) in [6.07, 6.45) is 7.46. The average molecular weight is 172 g/mol. The molecule has 0 amide bonds. The van der Waals surface area contributed by atoms with Gasteiger partial charge < -0.3 is 0 Å². The fourth-order valence-corrected chi connectivity index (χ4v) is 1.71. The molecule has 0 saturated heterocycles. The number of allylic oxidation sites excluding steroid dienone is 3. The molecule has 11 heavy (non-hydrogen) atoms. The van der Waals surface area contributed by atoms with Gasteiger partial charge in [-0.05, 0) is 18.4 Å². The van der Waals surface area contributed by atoms with Gasteiger partial charge >= 0.3 is 0 Å². The summed E-state index contributed by atoms with van der Waals surface area (Å²) in [5, 5.41) is 0. The molecule has 0 fully saturated rings. The topological polar surface area (TPSA) is 34.1 Å². The minimum absolute atomic E-state index is 0.454. The Morgan fingerprint density at radius 3 is 2.55 bits per heavy atom. The molecule has 1 rings (SSSR count). The molecule has 0 spiro atoms. The molecular weight excluding hydrogens is 160 g/mol. The maximum atomic E-state index is 11.0. The highest BCUT2D eigenvalue weighted by molar-refractivity contribution is 7.94. The van der Waals surface area contributed by atoms with E-state index in [1.165, 1.54) is 6.26 Å². The van der Waals surface area contributed by atoms with Crippen LogP contribution in [0.25, 0.3) is 0 Å². The Labute approximate surface area is 67.5 Å². The Kier molecular flexibility index (Phi) is 2.18. The van der Waals surface area contributed by atoms with Crippen LogP contribution in [0.5, 0.6) is 0 Å². The molecule has 1 atom stereocenters. The van der Waals surface area contributed by atoms with E-state index in [2.05, 4.69) is 6.92 Å². The predicted octanol–water partition coefficient (Wildman–Crippen LogP) is 1.51. The van der Waals surface area contributed by atoms with Gasteiger partial charge in [-0.3, -0.25) is 0 Å². The van der Waals surface area contributed by atoms with Crippen LogP contribution < -0.4 is 0 Å². The van der Waals surface area contributed by atoms with Crippen LogP contribution in [0.4, 0.5) is 0 Å². The zero-order chi connectivity index (χ0) is 8.48. The first-order valence-electron chi connectivity index (χ1n) is 3.58. The van der Waals surface area contributed by atoms with Gasteiger partial charge in [0.15, 0.2) is 9.84 Å². The molecule has 3 heteroatoms. The Hall–Kier alpha value is -0.570. The number of rotatable bonds is 1. The van der Waals surface area contributed by atoms with Crippen molar-refractivity contribution in [3.8, 4) is 0 Å². The smallest absolute Gasteiger partial charge is 0.175 e. The molecule has 0 aromatic carbocycles. The summed E-state index contributed by atoms with van der Waals surface area (Å²) in [4.78, 5) is 0.454. The summed E-state index contributed by atoms with van der Waals surface area (Å²) in [5.74, 6) is 0.473. The number of sulfone groups is 1. The van der Waals surface area contributed by atoms with E-state index in [1.54, 1.807) is 12.2 Å². The molecule has 0 radical (unpaired) electrons. The van der Waals surface area contributed by atoms with Gasteiger partial charge in [-0.15, -0.1) is 0 Å². The van der Waals surface area contributed by atoms with E-state index >= 15 is 0 Å². The fourth-order valence-electron chi connectivity index (χ4n) is 0.983. The molecule has 0 N–H and O–H groups in total. The van der Waals surface area contributed by atoms with Crippen LogP contribution in [-0.2, 0) is 9.84 Å². The standard InChI is InChI=1S/C8H12O2S/c1-7-3-5-8(6-4-7)11(2,9)10/h3,5-7H,4H2,1-2H3. The summed E-state index contributed by atoms with van der Waals surface area (Å²) in [5.41, 5.74) is 0. The summed E-state index contributed by atoms with van der Waals surface area (Å²) in [7, 11) is -2.97. The second-order valence-corrected chi connectivity index (χ2v) is 4.97. The average Bonchev–Trinajstić information content (AvgIpc) is 1.86. The largest absolute Gasteiger partial charge is 0.224 e. The van der Waals surface area contributed by atoms with Crippen LogP contribution in [0, 0.1) is 5.92 Å². The van der Waals surface area contributed by atoms with Crippen molar-refractivity contribution >= 4 is 9.84 Å². The molecule has 1 aliphatic carbocycles. The van der Waals surface area contributed by atoms with Crippen molar-refractivity contribution in [1.82, 2.24) is 0 Å². The highest BCUT2D eigenvalue weighted by Gasteiger charge is 2.11. The van der Waals surface area contributed by atoms with Gasteiger partial charge in [0.2, 0.25) is 0 Å². The van der Waals surface area contributed by atoms with Crippen molar-refractivity contribution in [1.29, 1.82) is 0 Å². The second kappa shape index (κ2) is 2.81. The van der Waals surface area contributed by atoms with Crippen LogP contribution in [-0.4, -0.2) is 14.7 Å². The summed E-state index contributed by atoms with van der Waals surface area (Å²) < 4.78 is 21.9. The third kappa shape index (κ3) is 2.19. The third-order valence-corrected chi connectivity index (χ3v) is 2.87. The minimum Gasteiger partial charge on any atom is -0.224 e. The molecule has 1 aliphatic rings. The van der Waals surface area contributed by atoms with E-state index in [0.717, 1.165) is 6.42 Å². The molecule has 0 bridgehead atoms. The van der Waals surface area contributed by atoms with E-state index in [-0.39, 0.29) is 0 Å². The van der Waals surface area contributed by atoms with Gasteiger partial charge in [0.1, 0.15) is 0 Å². The Balaban J connectivity index is 2.89. The Morgan fingerprint density at radius 1 is 1.55 bits per heavy atom. The van der Waals surface area contributed by atoms with Crippen molar-refractivity contribution in [2.45, 2.75) is 13.3 Å². The molecular formula is C8H12O2S. The Morgan fingerprint density at radius 2 is 2.18 bits per heavy atom. The highest BCUT2D eigenvalue weighted by Crippen LogP contribution is 2.18. The molecule has 0 aromatic heterocycles. The van der Waals surface area contributed by atoms with Crippen molar-refractivity contribution in [3.05, 3.63) is 23.1 Å². The Bertz CT molecular complexity index is 296. The van der Waals surface area contributed by atoms with Gasteiger partial charge in [-0.2, -0.15) is 0 Å². The van der Waals surface area contributed by atoms with Crippen molar-refractivity contribution in [3.63, 3.8) is 0 Å². The summed E-state index contributed by atoms with van der Waals surface area (Å²) in [6.45, 7) is 2.06. The van der Waals surface area contributed by atoms with Crippen molar-refractivity contribution in [2.75, 3.05) is 6.26 Å². The van der Waals surface area contributed by atoms with Gasteiger partial charge in [0.25, 0.3) is 0 Å². The van der Waals surface area contributed by atoms with E-state index in [4.69, 9.17) is 0 Å². The SMILES string of the molecule is CC1C=CC(S(C)(=O)=O)=CC1. The summed E-state index contributed by atoms with van der Waals surface area (Å²) >= 11 is 0. The monoisotopic (exact) mass is 172 g/mol. The number of hydrogen-bond acceptors (Lipinski definition) is 2. The van der Waals surface area contributed by atoms with Crippen LogP contribution in [0.3, 0.4) is 0 Å². The van der Waals surface area contributed by atoms with E-state index < -0.39 is 9.84 Å². The van der Waals surface area contributed by atoms with Crippen LogP contribution in [0.15, 0.2) is 23.1 Å². The molecule has 62 valence electrons.